The van der Waals surface area contributed by atoms with E-state index in [9.17, 15) is 4.79 Å². The first-order chi connectivity index (χ1) is 10.5. The van der Waals surface area contributed by atoms with Crippen molar-refractivity contribution in [2.45, 2.75) is 32.4 Å². The smallest absolute Gasteiger partial charge is 0.254 e. The molecule has 2 N–H and O–H groups in total. The van der Waals surface area contributed by atoms with Gasteiger partial charge in [0, 0.05) is 28.9 Å². The molecule has 2 aromatic rings. The van der Waals surface area contributed by atoms with E-state index in [1.54, 1.807) is 6.07 Å². The van der Waals surface area contributed by atoms with Gasteiger partial charge >= 0.3 is 0 Å². The highest BCUT2D eigenvalue weighted by atomic mass is 35.5. The molecule has 3 nitrogen and oxygen atoms in total. The molecule has 1 fully saturated rings. The summed E-state index contributed by atoms with van der Waals surface area (Å²) in [6.45, 7) is 2.55. The van der Waals surface area contributed by atoms with Crippen molar-refractivity contribution in [3.63, 3.8) is 0 Å². The van der Waals surface area contributed by atoms with Gasteiger partial charge in [-0.25, -0.2) is 0 Å². The first-order valence-corrected chi connectivity index (χ1v) is 7.84. The Morgan fingerprint density at radius 2 is 1.91 bits per heavy atom. The summed E-state index contributed by atoms with van der Waals surface area (Å²) < 4.78 is 0. The van der Waals surface area contributed by atoms with Crippen LogP contribution < -0.4 is 5.73 Å². The van der Waals surface area contributed by atoms with Crippen molar-refractivity contribution in [3.05, 3.63) is 64.2 Å². The van der Waals surface area contributed by atoms with Crippen LogP contribution in [0.4, 0.5) is 5.69 Å². The number of nitrogens with two attached hydrogens (primary N) is 1. The summed E-state index contributed by atoms with van der Waals surface area (Å²) in [5.41, 5.74) is 9.21. The molecular weight excluding hydrogens is 296 g/mol. The van der Waals surface area contributed by atoms with Crippen LogP contribution in [0.3, 0.4) is 0 Å². The van der Waals surface area contributed by atoms with Crippen LogP contribution in [0.25, 0.3) is 0 Å². The number of halogens is 1. The van der Waals surface area contributed by atoms with E-state index in [4.69, 9.17) is 17.3 Å². The third-order valence-corrected chi connectivity index (χ3v) is 4.26. The summed E-state index contributed by atoms with van der Waals surface area (Å²) in [5.74, 6) is 0.0576. The zero-order chi connectivity index (χ0) is 15.7. The predicted molar refractivity (Wildman–Crippen MR) is 89.9 cm³/mol. The van der Waals surface area contributed by atoms with Crippen molar-refractivity contribution in [2.75, 3.05) is 5.73 Å². The number of aryl methyl sites for hydroxylation is 1. The second-order valence-corrected chi connectivity index (χ2v) is 6.30. The summed E-state index contributed by atoms with van der Waals surface area (Å²) in [6, 6.07) is 13.5. The average molecular weight is 315 g/mol. The van der Waals surface area contributed by atoms with E-state index in [0.717, 1.165) is 24.0 Å². The van der Waals surface area contributed by atoms with Gasteiger partial charge in [-0.2, -0.15) is 0 Å². The summed E-state index contributed by atoms with van der Waals surface area (Å²) in [4.78, 5) is 14.9. The Balaban J connectivity index is 1.86. The van der Waals surface area contributed by atoms with Gasteiger partial charge in [-0.1, -0.05) is 29.8 Å². The molecule has 0 atom stereocenters. The topological polar surface area (TPSA) is 46.3 Å². The molecule has 0 spiro atoms. The second-order valence-electron chi connectivity index (χ2n) is 5.87. The molecule has 0 aliphatic heterocycles. The number of amides is 1. The summed E-state index contributed by atoms with van der Waals surface area (Å²) >= 11 is 5.93. The molecule has 0 unspecified atom stereocenters. The Labute approximate surface area is 135 Å². The number of hydrogen-bond acceptors (Lipinski definition) is 2. The number of nitrogen functional groups attached to an aromatic ring is 1. The molecule has 0 bridgehead atoms. The van der Waals surface area contributed by atoms with Crippen molar-refractivity contribution in [3.8, 4) is 0 Å². The van der Waals surface area contributed by atoms with Gasteiger partial charge in [-0.3, -0.25) is 4.79 Å². The van der Waals surface area contributed by atoms with Crippen LogP contribution in [0, 0.1) is 6.92 Å². The highest BCUT2D eigenvalue weighted by Crippen LogP contribution is 2.31. The quantitative estimate of drug-likeness (QED) is 0.866. The van der Waals surface area contributed by atoms with E-state index < -0.39 is 0 Å². The lowest BCUT2D eigenvalue weighted by Gasteiger charge is -2.23. The van der Waals surface area contributed by atoms with Gasteiger partial charge in [-0.05, 0) is 55.2 Å². The van der Waals surface area contributed by atoms with Crippen LogP contribution in [0.15, 0.2) is 42.5 Å². The maximum atomic E-state index is 12.9. The van der Waals surface area contributed by atoms with Gasteiger partial charge in [-0.15, -0.1) is 0 Å². The highest BCUT2D eigenvalue weighted by Gasteiger charge is 2.33. The van der Waals surface area contributed by atoms with Crippen LogP contribution in [-0.2, 0) is 6.54 Å². The van der Waals surface area contributed by atoms with Crippen molar-refractivity contribution in [1.82, 2.24) is 4.90 Å². The molecule has 0 heterocycles. The van der Waals surface area contributed by atoms with Crippen LogP contribution in [0.2, 0.25) is 5.02 Å². The Bertz CT molecular complexity index is 693. The largest absolute Gasteiger partial charge is 0.399 e. The molecule has 114 valence electrons. The molecule has 1 saturated carbocycles. The molecule has 1 aliphatic carbocycles. The summed E-state index contributed by atoms with van der Waals surface area (Å²) in [7, 11) is 0. The van der Waals surface area contributed by atoms with Gasteiger partial charge in [0.05, 0.1) is 0 Å². The number of benzene rings is 2. The van der Waals surface area contributed by atoms with Gasteiger partial charge in [0.2, 0.25) is 0 Å². The fourth-order valence-electron chi connectivity index (χ4n) is 2.56. The molecule has 1 aliphatic rings. The molecule has 2 aromatic carbocycles. The number of hydrogen-bond donors (Lipinski definition) is 1. The van der Waals surface area contributed by atoms with Gasteiger partial charge in [0.1, 0.15) is 0 Å². The minimum atomic E-state index is 0.0576. The monoisotopic (exact) mass is 314 g/mol. The summed E-state index contributed by atoms with van der Waals surface area (Å²) in [6.07, 6.45) is 2.14. The zero-order valence-electron chi connectivity index (χ0n) is 12.6. The van der Waals surface area contributed by atoms with E-state index in [-0.39, 0.29) is 5.91 Å². The second kappa shape index (κ2) is 6.01. The third kappa shape index (κ3) is 3.25. The predicted octanol–water partition coefficient (Wildman–Crippen LogP) is 4.04. The fraction of sp³-hybridized carbons (Fsp3) is 0.278. The normalized spacial score (nSPS) is 13.9. The van der Waals surface area contributed by atoms with E-state index in [0.29, 0.717) is 28.9 Å². The molecule has 0 aromatic heterocycles. The van der Waals surface area contributed by atoms with Crippen LogP contribution in [0.1, 0.15) is 34.3 Å². The molecule has 0 radical (unpaired) electrons. The van der Waals surface area contributed by atoms with Crippen LogP contribution in [0.5, 0.6) is 0 Å². The number of rotatable bonds is 4. The molecule has 3 rings (SSSR count). The number of carbonyl (C=O) groups is 1. The Morgan fingerprint density at radius 3 is 2.55 bits per heavy atom. The molecule has 0 saturated heterocycles. The zero-order valence-corrected chi connectivity index (χ0v) is 13.3. The van der Waals surface area contributed by atoms with E-state index in [1.807, 2.05) is 48.2 Å². The first-order valence-electron chi connectivity index (χ1n) is 7.46. The molecule has 22 heavy (non-hydrogen) atoms. The van der Waals surface area contributed by atoms with Crippen molar-refractivity contribution >= 4 is 23.2 Å². The van der Waals surface area contributed by atoms with E-state index in [2.05, 4.69) is 0 Å². The lowest BCUT2D eigenvalue weighted by atomic mass is 10.1. The highest BCUT2D eigenvalue weighted by molar-refractivity contribution is 6.30. The van der Waals surface area contributed by atoms with Crippen LogP contribution >= 0.6 is 11.6 Å². The first kappa shape index (κ1) is 14.9. The van der Waals surface area contributed by atoms with E-state index >= 15 is 0 Å². The summed E-state index contributed by atoms with van der Waals surface area (Å²) in [5, 5.41) is 0.708. The lowest BCUT2D eigenvalue weighted by Crippen LogP contribution is -2.33. The molecule has 4 heteroatoms. The standard InChI is InChI=1S/C18H19ClN2O/c1-12-2-7-15(20)10-17(12)18(22)21(16-8-9-16)11-13-3-5-14(19)6-4-13/h2-7,10,16H,8-9,11,20H2,1H3. The van der Waals surface area contributed by atoms with Crippen LogP contribution in [-0.4, -0.2) is 16.8 Å². The van der Waals surface area contributed by atoms with Crippen molar-refractivity contribution < 1.29 is 4.79 Å². The Morgan fingerprint density at radius 1 is 1.23 bits per heavy atom. The number of anilines is 1. The number of nitrogens with zero attached hydrogens (tertiary/aromatic N) is 1. The molecule has 1 amide bonds. The van der Waals surface area contributed by atoms with Crippen molar-refractivity contribution in [1.29, 1.82) is 0 Å². The minimum Gasteiger partial charge on any atom is -0.399 e. The average Bonchev–Trinajstić information content (AvgIpc) is 3.33. The lowest BCUT2D eigenvalue weighted by molar-refractivity contribution is 0.0729. The third-order valence-electron chi connectivity index (χ3n) is 4.01. The van der Waals surface area contributed by atoms with Crippen molar-refractivity contribution in [2.24, 2.45) is 0 Å². The maximum absolute atomic E-state index is 12.9. The van der Waals surface area contributed by atoms with Gasteiger partial charge in [0.15, 0.2) is 0 Å². The Hall–Kier alpha value is -2.00. The minimum absolute atomic E-state index is 0.0576. The fourth-order valence-corrected chi connectivity index (χ4v) is 2.69. The van der Waals surface area contributed by atoms with Gasteiger partial charge in [0.25, 0.3) is 5.91 Å². The number of carbonyl (C=O) groups excluding carboxylic acids is 1. The van der Waals surface area contributed by atoms with Gasteiger partial charge < -0.3 is 10.6 Å². The maximum Gasteiger partial charge on any atom is 0.254 e. The Kier molecular flexibility index (Phi) is 4.08. The SMILES string of the molecule is Cc1ccc(N)cc1C(=O)N(Cc1ccc(Cl)cc1)C1CC1. The molecular formula is C18H19ClN2O. The van der Waals surface area contributed by atoms with E-state index in [1.165, 1.54) is 0 Å².